The van der Waals surface area contributed by atoms with E-state index in [1.807, 2.05) is 16.9 Å². The highest BCUT2D eigenvalue weighted by Crippen LogP contribution is 2.14. The molecule has 0 aliphatic carbocycles. The third-order valence-electron chi connectivity index (χ3n) is 3.21. The molecule has 2 heterocycles. The predicted octanol–water partition coefficient (Wildman–Crippen LogP) is 1.14. The van der Waals surface area contributed by atoms with Crippen molar-refractivity contribution in [1.29, 1.82) is 0 Å². The molecule has 1 N–H and O–H groups in total. The molecule has 2 rings (SSSR count). The number of hydrogen-bond donors (Lipinski definition) is 1. The average molecular weight is 262 g/mol. The van der Waals surface area contributed by atoms with Gasteiger partial charge in [0.05, 0.1) is 18.3 Å². The summed E-state index contributed by atoms with van der Waals surface area (Å²) in [5.74, 6) is 0. The highest BCUT2D eigenvalue weighted by atomic mass is 16.2. The Bertz CT molecular complexity index is 649. The minimum atomic E-state index is -0.412. The summed E-state index contributed by atoms with van der Waals surface area (Å²) in [6.45, 7) is 4.62. The SMILES string of the molecule is CCC(CC)n1ccc(Cn2ccc(=O)[nH]c2=O)n1. The van der Waals surface area contributed by atoms with E-state index in [0.29, 0.717) is 12.6 Å². The van der Waals surface area contributed by atoms with Crippen molar-refractivity contribution in [3.05, 3.63) is 51.1 Å². The molecule has 2 aromatic rings. The fraction of sp³-hybridized carbons (Fsp3) is 0.462. The van der Waals surface area contributed by atoms with Gasteiger partial charge in [0.25, 0.3) is 5.56 Å². The zero-order valence-corrected chi connectivity index (χ0v) is 11.2. The maximum atomic E-state index is 11.6. The van der Waals surface area contributed by atoms with Crippen molar-refractivity contribution in [3.8, 4) is 0 Å². The van der Waals surface area contributed by atoms with E-state index < -0.39 is 5.69 Å². The Morgan fingerprint density at radius 2 is 1.95 bits per heavy atom. The van der Waals surface area contributed by atoms with Crippen molar-refractivity contribution < 1.29 is 0 Å². The van der Waals surface area contributed by atoms with Gasteiger partial charge in [-0.3, -0.25) is 19.0 Å². The maximum Gasteiger partial charge on any atom is 0.328 e. The van der Waals surface area contributed by atoms with Gasteiger partial charge < -0.3 is 0 Å². The van der Waals surface area contributed by atoms with Crippen LogP contribution in [-0.4, -0.2) is 19.3 Å². The summed E-state index contributed by atoms with van der Waals surface area (Å²) in [5.41, 5.74) is 0.00874. The van der Waals surface area contributed by atoms with E-state index in [4.69, 9.17) is 0 Å². The third-order valence-corrected chi connectivity index (χ3v) is 3.21. The molecule has 0 saturated heterocycles. The van der Waals surface area contributed by atoms with Crippen molar-refractivity contribution in [2.45, 2.75) is 39.3 Å². The number of H-pyrrole nitrogens is 1. The van der Waals surface area contributed by atoms with E-state index in [0.717, 1.165) is 18.5 Å². The van der Waals surface area contributed by atoms with Crippen LogP contribution < -0.4 is 11.2 Å². The van der Waals surface area contributed by atoms with Gasteiger partial charge in [-0.25, -0.2) is 4.79 Å². The van der Waals surface area contributed by atoms with Crippen LogP contribution in [-0.2, 0) is 6.54 Å². The van der Waals surface area contributed by atoms with Crippen molar-refractivity contribution in [2.24, 2.45) is 0 Å². The molecule has 0 bridgehead atoms. The topological polar surface area (TPSA) is 72.7 Å². The molecule has 102 valence electrons. The zero-order valence-electron chi connectivity index (χ0n) is 11.2. The second-order valence-corrected chi connectivity index (χ2v) is 4.50. The molecule has 2 aromatic heterocycles. The highest BCUT2D eigenvalue weighted by molar-refractivity contribution is 5.01. The van der Waals surface area contributed by atoms with Gasteiger partial charge in [-0.1, -0.05) is 13.8 Å². The second-order valence-electron chi connectivity index (χ2n) is 4.50. The first-order valence-electron chi connectivity index (χ1n) is 6.47. The monoisotopic (exact) mass is 262 g/mol. The molecule has 0 fully saturated rings. The van der Waals surface area contributed by atoms with Gasteiger partial charge in [0.15, 0.2) is 0 Å². The van der Waals surface area contributed by atoms with Gasteiger partial charge >= 0.3 is 5.69 Å². The van der Waals surface area contributed by atoms with Gasteiger partial charge in [-0.15, -0.1) is 0 Å². The van der Waals surface area contributed by atoms with E-state index in [1.165, 1.54) is 16.8 Å². The number of nitrogens with zero attached hydrogens (tertiary/aromatic N) is 3. The lowest BCUT2D eigenvalue weighted by molar-refractivity contribution is 0.424. The van der Waals surface area contributed by atoms with Gasteiger partial charge in [-0.05, 0) is 18.9 Å². The molecule has 0 saturated carbocycles. The van der Waals surface area contributed by atoms with Crippen LogP contribution in [0.25, 0.3) is 0 Å². The Morgan fingerprint density at radius 1 is 1.21 bits per heavy atom. The molecule has 0 aromatic carbocycles. The normalized spacial score (nSPS) is 11.1. The molecule has 6 heteroatoms. The van der Waals surface area contributed by atoms with Gasteiger partial charge in [0.2, 0.25) is 0 Å². The molecule has 19 heavy (non-hydrogen) atoms. The number of hydrogen-bond acceptors (Lipinski definition) is 3. The number of aromatic nitrogens is 4. The largest absolute Gasteiger partial charge is 0.328 e. The van der Waals surface area contributed by atoms with E-state index >= 15 is 0 Å². The maximum absolute atomic E-state index is 11.6. The fourth-order valence-electron chi connectivity index (χ4n) is 2.07. The van der Waals surface area contributed by atoms with Gasteiger partial charge in [0.1, 0.15) is 0 Å². The van der Waals surface area contributed by atoms with E-state index in [9.17, 15) is 9.59 Å². The predicted molar refractivity (Wildman–Crippen MR) is 72.3 cm³/mol. The number of rotatable bonds is 5. The van der Waals surface area contributed by atoms with E-state index in [-0.39, 0.29) is 5.56 Å². The Morgan fingerprint density at radius 3 is 2.58 bits per heavy atom. The molecule has 0 unspecified atom stereocenters. The van der Waals surface area contributed by atoms with Gasteiger partial charge in [0, 0.05) is 18.5 Å². The highest BCUT2D eigenvalue weighted by Gasteiger charge is 2.08. The van der Waals surface area contributed by atoms with Crippen LogP contribution in [0.1, 0.15) is 38.4 Å². The number of nitrogens with one attached hydrogen (secondary N) is 1. The minimum Gasteiger partial charge on any atom is -0.295 e. The summed E-state index contributed by atoms with van der Waals surface area (Å²) in [6.07, 6.45) is 5.47. The Labute approximate surface area is 110 Å². The van der Waals surface area contributed by atoms with E-state index in [1.54, 1.807) is 0 Å². The molecule has 0 aliphatic rings. The smallest absolute Gasteiger partial charge is 0.295 e. The van der Waals surface area contributed by atoms with E-state index in [2.05, 4.69) is 23.9 Å². The summed E-state index contributed by atoms with van der Waals surface area (Å²) in [7, 11) is 0. The van der Waals surface area contributed by atoms with Crippen LogP contribution in [0.4, 0.5) is 0 Å². The summed E-state index contributed by atoms with van der Waals surface area (Å²) in [6, 6.07) is 3.62. The summed E-state index contributed by atoms with van der Waals surface area (Å²) < 4.78 is 3.37. The van der Waals surface area contributed by atoms with Crippen molar-refractivity contribution in [1.82, 2.24) is 19.3 Å². The first-order valence-corrected chi connectivity index (χ1v) is 6.47. The lowest BCUT2D eigenvalue weighted by Crippen LogP contribution is -2.29. The lowest BCUT2D eigenvalue weighted by atomic mass is 10.2. The lowest BCUT2D eigenvalue weighted by Gasteiger charge is -2.12. The van der Waals surface area contributed by atoms with Crippen LogP contribution in [0.3, 0.4) is 0 Å². The average Bonchev–Trinajstić information content (AvgIpc) is 2.83. The summed E-state index contributed by atoms with van der Waals surface area (Å²) in [4.78, 5) is 24.8. The molecule has 0 atom stereocenters. The van der Waals surface area contributed by atoms with Crippen LogP contribution in [0.5, 0.6) is 0 Å². The van der Waals surface area contributed by atoms with Crippen molar-refractivity contribution >= 4 is 0 Å². The quantitative estimate of drug-likeness (QED) is 0.878. The second kappa shape index (κ2) is 5.69. The van der Waals surface area contributed by atoms with Crippen molar-refractivity contribution in [3.63, 3.8) is 0 Å². The van der Waals surface area contributed by atoms with Crippen LogP contribution in [0.2, 0.25) is 0 Å². The Kier molecular flexibility index (Phi) is 3.99. The summed E-state index contributed by atoms with van der Waals surface area (Å²) >= 11 is 0. The van der Waals surface area contributed by atoms with Crippen LogP contribution >= 0.6 is 0 Å². The Hall–Kier alpha value is -2.11. The molecule has 0 amide bonds. The first-order chi connectivity index (χ1) is 9.13. The first kappa shape index (κ1) is 13.3. The third kappa shape index (κ3) is 3.01. The Balaban J connectivity index is 2.20. The zero-order chi connectivity index (χ0) is 13.8. The van der Waals surface area contributed by atoms with Crippen LogP contribution in [0.15, 0.2) is 34.1 Å². The van der Waals surface area contributed by atoms with Gasteiger partial charge in [-0.2, -0.15) is 5.10 Å². The number of aromatic amines is 1. The van der Waals surface area contributed by atoms with Crippen LogP contribution in [0, 0.1) is 0 Å². The molecule has 0 aliphatic heterocycles. The molecular weight excluding hydrogens is 244 g/mol. The minimum absolute atomic E-state index is 0.364. The molecular formula is C13H18N4O2. The standard InChI is InChI=1S/C13H18N4O2/c1-3-11(4-2)17-8-5-10(15-17)9-16-7-6-12(18)14-13(16)19/h5-8,11H,3-4,9H2,1-2H3,(H,14,18,19). The molecule has 6 nitrogen and oxygen atoms in total. The fourth-order valence-corrected chi connectivity index (χ4v) is 2.07. The van der Waals surface area contributed by atoms with Crippen molar-refractivity contribution in [2.75, 3.05) is 0 Å². The molecule has 0 radical (unpaired) electrons. The molecule has 0 spiro atoms. The summed E-state index contributed by atoms with van der Waals surface area (Å²) in [5, 5.41) is 4.48.